The molecule has 17 heteroatoms. The monoisotopic (exact) mass is 632 g/mol. The predicted octanol–water partition coefficient (Wildman–Crippen LogP) is 1.29. The third-order valence-corrected chi connectivity index (χ3v) is 8.35. The average molecular weight is 633 g/mol. The molecule has 0 saturated carbocycles. The topological polar surface area (TPSA) is 187 Å². The number of halogens is 1. The van der Waals surface area contributed by atoms with E-state index in [4.69, 9.17) is 21.1 Å². The Labute approximate surface area is 253 Å². The first-order valence-electron chi connectivity index (χ1n) is 12.9. The van der Waals surface area contributed by atoms with Crippen molar-refractivity contribution in [2.45, 2.75) is 30.8 Å². The van der Waals surface area contributed by atoms with Crippen LogP contribution >= 0.6 is 23.4 Å². The van der Waals surface area contributed by atoms with E-state index in [1.54, 1.807) is 36.4 Å². The van der Waals surface area contributed by atoms with Gasteiger partial charge in [0, 0.05) is 24.7 Å². The number of aliphatic carboxylic acids is 1. The number of amides is 6. The molecule has 0 radical (unpaired) electrons. The number of β-lactam (4-membered cyclic amide) rings is 1. The number of esters is 1. The SMILES string of the molecule is CC(=O)OCC1=C(C(=O)O)N2C(=O)C(NC(=O)[C@H](NC(=O)N3CCN(N=C4CC=C(Cl)O4)C3=O)c3ccccc3)[C@H]2SC1. The van der Waals surface area contributed by atoms with Crippen LogP contribution in [0, 0.1) is 0 Å². The zero-order chi connectivity index (χ0) is 30.8. The fraction of sp³-hybridized carbons (Fsp3) is 0.346. The predicted molar refractivity (Wildman–Crippen MR) is 150 cm³/mol. The summed E-state index contributed by atoms with van der Waals surface area (Å²) in [6.45, 7) is 0.978. The summed E-state index contributed by atoms with van der Waals surface area (Å²) in [6.07, 6.45) is 1.87. The minimum atomic E-state index is -1.37. The van der Waals surface area contributed by atoms with Gasteiger partial charge in [0.25, 0.3) is 5.91 Å². The number of hydrogen-bond donors (Lipinski definition) is 3. The van der Waals surface area contributed by atoms with E-state index in [1.165, 1.54) is 18.7 Å². The fourth-order valence-electron chi connectivity index (χ4n) is 4.73. The van der Waals surface area contributed by atoms with Crippen molar-refractivity contribution in [3.8, 4) is 0 Å². The van der Waals surface area contributed by atoms with Gasteiger partial charge in [-0.05, 0) is 23.2 Å². The third-order valence-electron chi connectivity index (χ3n) is 6.78. The van der Waals surface area contributed by atoms with E-state index in [9.17, 15) is 33.9 Å². The standard InChI is InChI=1S/C26H25ClN6O9S/c1-13(34)41-11-15-12-43-23-19(22(36)33(23)20(15)24(37)38)28-21(35)18(14-5-3-2-4-6-14)29-25(39)31-9-10-32(26(31)40)30-17-8-7-16(27)42-17/h2-7,18-19,23H,8-12H2,1H3,(H,28,35)(H,29,39)(H,37,38)/t18-,19?,23-/m1/s1. The minimum absolute atomic E-state index is 0.0134. The molecule has 4 heterocycles. The van der Waals surface area contributed by atoms with Crippen LogP contribution in [-0.2, 0) is 28.7 Å². The van der Waals surface area contributed by atoms with E-state index >= 15 is 0 Å². The summed E-state index contributed by atoms with van der Waals surface area (Å²) in [4.78, 5) is 77.8. The molecule has 3 atom stereocenters. The quantitative estimate of drug-likeness (QED) is 0.278. The first-order valence-corrected chi connectivity index (χ1v) is 14.4. The van der Waals surface area contributed by atoms with Gasteiger partial charge in [0.2, 0.25) is 11.8 Å². The minimum Gasteiger partial charge on any atom is -0.477 e. The van der Waals surface area contributed by atoms with Gasteiger partial charge in [-0.15, -0.1) is 16.9 Å². The lowest BCUT2D eigenvalue weighted by Crippen LogP contribution is -2.71. The number of rotatable bonds is 8. The fourth-order valence-corrected chi connectivity index (χ4v) is 6.23. The Bertz CT molecular complexity index is 1480. The number of imide groups is 1. The molecule has 2 saturated heterocycles. The van der Waals surface area contributed by atoms with Gasteiger partial charge in [-0.2, -0.15) is 0 Å². The van der Waals surface area contributed by atoms with Gasteiger partial charge >= 0.3 is 24.0 Å². The average Bonchev–Trinajstić information content (AvgIpc) is 3.57. The van der Waals surface area contributed by atoms with Crippen LogP contribution in [0.2, 0.25) is 0 Å². The number of carbonyl (C=O) groups excluding carboxylic acids is 5. The molecule has 3 N–H and O–H groups in total. The number of fused-ring (bicyclic) bond motifs is 1. The number of carboxylic acids is 1. The molecule has 43 heavy (non-hydrogen) atoms. The summed E-state index contributed by atoms with van der Waals surface area (Å²) in [5.41, 5.74) is 0.340. The number of carbonyl (C=O) groups is 6. The zero-order valence-corrected chi connectivity index (χ0v) is 24.1. The van der Waals surface area contributed by atoms with Crippen LogP contribution in [0.5, 0.6) is 0 Å². The Morgan fingerprint density at radius 2 is 1.95 bits per heavy atom. The highest BCUT2D eigenvalue weighted by Crippen LogP contribution is 2.40. The van der Waals surface area contributed by atoms with E-state index in [0.29, 0.717) is 12.0 Å². The normalized spacial score (nSPS) is 22.9. The van der Waals surface area contributed by atoms with Crippen LogP contribution in [0.3, 0.4) is 0 Å². The van der Waals surface area contributed by atoms with Crippen LogP contribution in [0.15, 0.2) is 58.0 Å². The number of hydrogen-bond acceptors (Lipinski definition) is 10. The van der Waals surface area contributed by atoms with Crippen LogP contribution in [0.25, 0.3) is 0 Å². The molecular weight excluding hydrogens is 608 g/mol. The van der Waals surface area contributed by atoms with Gasteiger partial charge in [0.1, 0.15) is 29.8 Å². The molecule has 15 nitrogen and oxygen atoms in total. The number of urea groups is 2. The van der Waals surface area contributed by atoms with Crippen molar-refractivity contribution in [1.82, 2.24) is 25.4 Å². The highest BCUT2D eigenvalue weighted by Gasteiger charge is 2.54. The number of thioether (sulfide) groups is 1. The Balaban J connectivity index is 1.28. The van der Waals surface area contributed by atoms with E-state index in [2.05, 4.69) is 15.7 Å². The van der Waals surface area contributed by atoms with Gasteiger partial charge < -0.3 is 25.2 Å². The summed E-state index contributed by atoms with van der Waals surface area (Å²) in [5, 5.41) is 19.5. The Morgan fingerprint density at radius 3 is 2.60 bits per heavy atom. The molecule has 0 spiro atoms. The van der Waals surface area contributed by atoms with Gasteiger partial charge in [0.05, 0.1) is 13.1 Å². The van der Waals surface area contributed by atoms with Crippen LogP contribution in [-0.4, -0.2) is 98.5 Å². The third kappa shape index (κ3) is 6.15. The van der Waals surface area contributed by atoms with Crippen molar-refractivity contribution in [2.24, 2.45) is 5.10 Å². The summed E-state index contributed by atoms with van der Waals surface area (Å²) >= 11 is 6.97. The number of nitrogens with one attached hydrogen (secondary N) is 2. The first kappa shape index (κ1) is 29.9. The lowest BCUT2D eigenvalue weighted by Gasteiger charge is -2.49. The number of ether oxygens (including phenoxy) is 2. The van der Waals surface area contributed by atoms with Crippen LogP contribution < -0.4 is 10.6 Å². The summed E-state index contributed by atoms with van der Waals surface area (Å²) in [7, 11) is 0. The van der Waals surface area contributed by atoms with Crippen LogP contribution in [0.1, 0.15) is 24.9 Å². The number of benzene rings is 1. The van der Waals surface area contributed by atoms with Gasteiger partial charge in [-0.1, -0.05) is 30.3 Å². The lowest BCUT2D eigenvalue weighted by molar-refractivity contribution is -0.151. The first-order chi connectivity index (χ1) is 20.5. The second-order valence-electron chi connectivity index (χ2n) is 9.59. The molecule has 6 amide bonds. The molecule has 226 valence electrons. The Hall–Kier alpha value is -4.57. The maximum absolute atomic E-state index is 13.5. The molecule has 4 aliphatic heterocycles. The Morgan fingerprint density at radius 1 is 1.21 bits per heavy atom. The van der Waals surface area contributed by atoms with Gasteiger partial charge in [-0.3, -0.25) is 19.3 Å². The van der Waals surface area contributed by atoms with E-state index < -0.39 is 53.3 Å². The largest absolute Gasteiger partial charge is 0.477 e. The highest BCUT2D eigenvalue weighted by atomic mass is 35.5. The van der Waals surface area contributed by atoms with Crippen LogP contribution in [0.4, 0.5) is 9.59 Å². The molecule has 0 bridgehead atoms. The molecule has 2 fully saturated rings. The molecule has 4 aliphatic rings. The second-order valence-corrected chi connectivity index (χ2v) is 11.1. The van der Waals surface area contributed by atoms with Crippen molar-refractivity contribution in [2.75, 3.05) is 25.4 Å². The number of hydrazone groups is 1. The van der Waals surface area contributed by atoms with E-state index in [-0.39, 0.29) is 47.8 Å². The smallest absolute Gasteiger partial charge is 0.352 e. The highest BCUT2D eigenvalue weighted by molar-refractivity contribution is 8.00. The van der Waals surface area contributed by atoms with Crippen molar-refractivity contribution >= 4 is 65.1 Å². The molecule has 0 aliphatic carbocycles. The lowest BCUT2D eigenvalue weighted by atomic mass is 10.0. The molecule has 0 aromatic heterocycles. The van der Waals surface area contributed by atoms with Gasteiger partial charge in [0.15, 0.2) is 5.22 Å². The maximum atomic E-state index is 13.5. The summed E-state index contributed by atoms with van der Waals surface area (Å²) in [6, 6.07) is 4.24. The van der Waals surface area contributed by atoms with Crippen molar-refractivity contribution in [3.05, 3.63) is 58.5 Å². The zero-order valence-electron chi connectivity index (χ0n) is 22.5. The number of carboxylic acid groups (broad SMARTS) is 1. The van der Waals surface area contributed by atoms with Crippen molar-refractivity contribution in [1.29, 1.82) is 0 Å². The summed E-state index contributed by atoms with van der Waals surface area (Å²) < 4.78 is 10.1. The maximum Gasteiger partial charge on any atom is 0.352 e. The molecule has 5 rings (SSSR count). The van der Waals surface area contributed by atoms with Crippen molar-refractivity contribution < 1.29 is 43.3 Å². The van der Waals surface area contributed by atoms with E-state index in [0.717, 1.165) is 14.8 Å². The molecule has 1 unspecified atom stereocenters. The molecule has 1 aromatic carbocycles. The van der Waals surface area contributed by atoms with E-state index in [1.807, 2.05) is 0 Å². The number of nitrogens with zero attached hydrogens (tertiary/aromatic N) is 4. The molecular formula is C26H25ClN6O9S. The van der Waals surface area contributed by atoms with Gasteiger partial charge in [-0.25, -0.2) is 24.3 Å². The molecule has 1 aromatic rings. The van der Waals surface area contributed by atoms with Crippen molar-refractivity contribution in [3.63, 3.8) is 0 Å². The second kappa shape index (κ2) is 12.3. The Kier molecular flexibility index (Phi) is 8.59. The summed E-state index contributed by atoms with van der Waals surface area (Å²) in [5.74, 6) is -3.03.